The van der Waals surface area contributed by atoms with Crippen molar-refractivity contribution in [1.82, 2.24) is 5.16 Å². The molecule has 28 heavy (non-hydrogen) atoms. The summed E-state index contributed by atoms with van der Waals surface area (Å²) in [4.78, 5) is 12.0. The van der Waals surface area contributed by atoms with Gasteiger partial charge in [-0.2, -0.15) is 0 Å². The molecule has 0 radical (unpaired) electrons. The van der Waals surface area contributed by atoms with Gasteiger partial charge in [0, 0.05) is 16.8 Å². The molecule has 2 N–H and O–H groups in total. The van der Waals surface area contributed by atoms with Crippen LogP contribution in [0.2, 0.25) is 0 Å². The summed E-state index contributed by atoms with van der Waals surface area (Å²) in [6.07, 6.45) is -0.621. The largest absolute Gasteiger partial charge is 0.434 e. The van der Waals surface area contributed by atoms with E-state index in [2.05, 4.69) is 15.2 Å². The molecule has 1 unspecified atom stereocenters. The van der Waals surface area contributed by atoms with E-state index in [1.807, 2.05) is 12.1 Å². The summed E-state index contributed by atoms with van der Waals surface area (Å²) in [6.45, 7) is 3.45. The summed E-state index contributed by atoms with van der Waals surface area (Å²) in [7, 11) is -3.82. The molecule has 1 aliphatic rings. The summed E-state index contributed by atoms with van der Waals surface area (Å²) in [6, 6.07) is 13.2. The smallest absolute Gasteiger partial charge is 0.340 e. The first-order chi connectivity index (χ1) is 13.3. The van der Waals surface area contributed by atoms with Gasteiger partial charge in [0.25, 0.3) is 10.0 Å². The quantitative estimate of drug-likeness (QED) is 0.633. The van der Waals surface area contributed by atoms with E-state index in [1.54, 1.807) is 38.1 Å². The Kier molecular flexibility index (Phi) is 4.31. The number of esters is 1. The molecule has 0 amide bonds. The van der Waals surface area contributed by atoms with Gasteiger partial charge in [-0.1, -0.05) is 23.4 Å². The van der Waals surface area contributed by atoms with Gasteiger partial charge in [0.05, 0.1) is 16.2 Å². The van der Waals surface area contributed by atoms with Crippen LogP contribution in [-0.4, -0.2) is 19.5 Å². The van der Waals surface area contributed by atoms with E-state index in [9.17, 15) is 13.2 Å². The van der Waals surface area contributed by atoms with Crippen molar-refractivity contribution < 1.29 is 22.5 Å². The highest BCUT2D eigenvalue weighted by atomic mass is 32.2. The van der Waals surface area contributed by atoms with E-state index in [0.29, 0.717) is 22.5 Å². The third-order valence-corrected chi connectivity index (χ3v) is 5.88. The second-order valence-electron chi connectivity index (χ2n) is 6.37. The molecule has 144 valence electrons. The summed E-state index contributed by atoms with van der Waals surface area (Å²) in [5.74, 6) is -0.302. The number of carbonyl (C=O) groups excluding carboxylic acids is 1. The Labute approximate surface area is 161 Å². The van der Waals surface area contributed by atoms with Crippen LogP contribution in [0.5, 0.6) is 0 Å². The van der Waals surface area contributed by atoms with Crippen LogP contribution >= 0.6 is 0 Å². The molecule has 9 heteroatoms. The standard InChI is InChI=1S/C19H17N3O5S/c1-11-12(2)21-27-17(11)22-28(24,25)14-9-7-13(8-10-14)20-18-15-5-3-4-6-16(15)19(23)26-18/h3-10,18,20,22H,1-2H3. The molecule has 2 heterocycles. The summed E-state index contributed by atoms with van der Waals surface area (Å²) in [5.41, 5.74) is 3.11. The lowest BCUT2D eigenvalue weighted by Crippen LogP contribution is -2.14. The topological polar surface area (TPSA) is 111 Å². The van der Waals surface area contributed by atoms with Crippen molar-refractivity contribution in [3.05, 3.63) is 70.9 Å². The van der Waals surface area contributed by atoms with Gasteiger partial charge < -0.3 is 14.6 Å². The molecule has 0 saturated carbocycles. The maximum absolute atomic E-state index is 12.5. The lowest BCUT2D eigenvalue weighted by atomic mass is 10.1. The van der Waals surface area contributed by atoms with Crippen LogP contribution in [0.15, 0.2) is 57.9 Å². The number of nitrogens with one attached hydrogen (secondary N) is 2. The Bertz CT molecular complexity index is 1150. The Morgan fingerprint density at radius 2 is 1.75 bits per heavy atom. The first kappa shape index (κ1) is 18.1. The van der Waals surface area contributed by atoms with Gasteiger partial charge in [-0.3, -0.25) is 0 Å². The van der Waals surface area contributed by atoms with E-state index in [4.69, 9.17) is 9.26 Å². The number of hydrogen-bond donors (Lipinski definition) is 2. The van der Waals surface area contributed by atoms with Gasteiger partial charge >= 0.3 is 5.97 Å². The van der Waals surface area contributed by atoms with Crippen molar-refractivity contribution in [1.29, 1.82) is 0 Å². The number of anilines is 2. The van der Waals surface area contributed by atoms with Crippen molar-refractivity contribution >= 4 is 27.6 Å². The number of ether oxygens (including phenoxy) is 1. The SMILES string of the molecule is Cc1noc(NS(=O)(=O)c2ccc(NC3OC(=O)c4ccccc43)cc2)c1C. The van der Waals surface area contributed by atoms with Gasteiger partial charge in [-0.25, -0.2) is 17.9 Å². The van der Waals surface area contributed by atoms with Crippen LogP contribution in [0.3, 0.4) is 0 Å². The second kappa shape index (κ2) is 6.68. The molecule has 0 bridgehead atoms. The van der Waals surface area contributed by atoms with Crippen LogP contribution in [0.25, 0.3) is 0 Å². The first-order valence-corrected chi connectivity index (χ1v) is 9.96. The number of nitrogens with zero attached hydrogens (tertiary/aromatic N) is 1. The number of rotatable bonds is 5. The number of sulfonamides is 1. The second-order valence-corrected chi connectivity index (χ2v) is 8.05. The van der Waals surface area contributed by atoms with E-state index >= 15 is 0 Å². The zero-order valence-electron chi connectivity index (χ0n) is 15.1. The highest BCUT2D eigenvalue weighted by molar-refractivity contribution is 7.92. The van der Waals surface area contributed by atoms with Crippen molar-refractivity contribution in [2.24, 2.45) is 0 Å². The van der Waals surface area contributed by atoms with Crippen LogP contribution in [-0.2, 0) is 14.8 Å². The molecular formula is C19H17N3O5S. The summed E-state index contributed by atoms with van der Waals surface area (Å²) < 4.78 is 37.8. The minimum Gasteiger partial charge on any atom is -0.434 e. The average Bonchev–Trinajstić information content (AvgIpc) is 3.16. The fourth-order valence-electron chi connectivity index (χ4n) is 2.83. The summed E-state index contributed by atoms with van der Waals surface area (Å²) in [5, 5.41) is 6.82. The molecule has 4 rings (SSSR count). The number of hydrogen-bond acceptors (Lipinski definition) is 7. The Balaban J connectivity index is 1.51. The van der Waals surface area contributed by atoms with Crippen molar-refractivity contribution in [2.75, 3.05) is 10.0 Å². The van der Waals surface area contributed by atoms with Crippen molar-refractivity contribution in [3.63, 3.8) is 0 Å². The Morgan fingerprint density at radius 3 is 2.43 bits per heavy atom. The maximum atomic E-state index is 12.5. The number of cyclic esters (lactones) is 1. The van der Waals surface area contributed by atoms with Crippen molar-refractivity contribution in [2.45, 2.75) is 25.0 Å². The fraction of sp³-hybridized carbons (Fsp3) is 0.158. The monoisotopic (exact) mass is 399 g/mol. The van der Waals surface area contributed by atoms with Crippen LogP contribution in [0, 0.1) is 13.8 Å². The van der Waals surface area contributed by atoms with Crippen LogP contribution < -0.4 is 10.0 Å². The minimum absolute atomic E-state index is 0.0651. The molecule has 1 atom stereocenters. The molecule has 0 aliphatic carbocycles. The van der Waals surface area contributed by atoms with E-state index < -0.39 is 22.2 Å². The van der Waals surface area contributed by atoms with Crippen molar-refractivity contribution in [3.8, 4) is 0 Å². The van der Waals surface area contributed by atoms with Gasteiger partial charge in [-0.05, 0) is 44.2 Å². The van der Waals surface area contributed by atoms with E-state index in [0.717, 1.165) is 5.56 Å². The Hall–Kier alpha value is -3.33. The van der Waals surface area contributed by atoms with E-state index in [-0.39, 0.29) is 10.8 Å². The molecule has 0 fully saturated rings. The number of aromatic nitrogens is 1. The third-order valence-electron chi connectivity index (χ3n) is 4.53. The third kappa shape index (κ3) is 3.20. The normalized spacial score (nSPS) is 15.8. The highest BCUT2D eigenvalue weighted by Crippen LogP contribution is 2.31. The predicted molar refractivity (Wildman–Crippen MR) is 101 cm³/mol. The van der Waals surface area contributed by atoms with Gasteiger partial charge in [0.15, 0.2) is 0 Å². The zero-order chi connectivity index (χ0) is 19.9. The van der Waals surface area contributed by atoms with E-state index in [1.165, 1.54) is 12.1 Å². The molecular weight excluding hydrogens is 382 g/mol. The van der Waals surface area contributed by atoms with Crippen LogP contribution in [0.1, 0.15) is 33.4 Å². The zero-order valence-corrected chi connectivity index (χ0v) is 15.9. The average molecular weight is 399 g/mol. The molecule has 0 spiro atoms. The highest BCUT2D eigenvalue weighted by Gasteiger charge is 2.30. The van der Waals surface area contributed by atoms with Gasteiger partial charge in [0.1, 0.15) is 0 Å². The molecule has 8 nitrogen and oxygen atoms in total. The number of benzene rings is 2. The molecule has 1 aromatic heterocycles. The van der Waals surface area contributed by atoms with Gasteiger partial charge in [0.2, 0.25) is 12.1 Å². The fourth-order valence-corrected chi connectivity index (χ4v) is 3.87. The minimum atomic E-state index is -3.82. The first-order valence-electron chi connectivity index (χ1n) is 8.47. The van der Waals surface area contributed by atoms with Crippen LogP contribution in [0.4, 0.5) is 11.6 Å². The molecule has 2 aromatic carbocycles. The lowest BCUT2D eigenvalue weighted by molar-refractivity contribution is 0.0437. The number of fused-ring (bicyclic) bond motifs is 1. The molecule has 3 aromatic rings. The number of carbonyl (C=O) groups is 1. The maximum Gasteiger partial charge on any atom is 0.340 e. The number of aryl methyl sites for hydroxylation is 1. The predicted octanol–water partition coefficient (Wildman–Crippen LogP) is 3.37. The van der Waals surface area contributed by atoms with Gasteiger partial charge in [-0.15, -0.1) is 0 Å². The summed E-state index contributed by atoms with van der Waals surface area (Å²) >= 11 is 0. The lowest BCUT2D eigenvalue weighted by Gasteiger charge is -2.14. The molecule has 1 aliphatic heterocycles. The Morgan fingerprint density at radius 1 is 1.04 bits per heavy atom. The molecule has 0 saturated heterocycles.